The Morgan fingerprint density at radius 3 is 2.81 bits per heavy atom. The average Bonchev–Trinajstić information content (AvgIpc) is 2.46. The lowest BCUT2D eigenvalue weighted by atomic mass is 9.84. The van der Waals surface area contributed by atoms with Gasteiger partial charge in [-0.15, -0.1) is 0 Å². The molecule has 2 aliphatic heterocycles. The van der Waals surface area contributed by atoms with Gasteiger partial charge in [0.15, 0.2) is 0 Å². The van der Waals surface area contributed by atoms with Crippen molar-refractivity contribution in [1.82, 2.24) is 4.90 Å². The number of rotatable bonds is 1. The highest BCUT2D eigenvalue weighted by molar-refractivity contribution is 5.66. The van der Waals surface area contributed by atoms with Crippen LogP contribution in [0, 0.1) is 0 Å². The van der Waals surface area contributed by atoms with Gasteiger partial charge < -0.3 is 10.5 Å². The van der Waals surface area contributed by atoms with E-state index in [1.54, 1.807) is 0 Å². The first-order chi connectivity index (χ1) is 7.40. The van der Waals surface area contributed by atoms with Gasteiger partial charge in [-0.05, 0) is 33.1 Å². The molecule has 0 spiro atoms. The second-order valence-electron chi connectivity index (χ2n) is 5.71. The molecule has 0 saturated carbocycles. The van der Waals surface area contributed by atoms with Crippen LogP contribution in [0.5, 0.6) is 0 Å². The molecule has 0 amide bonds. The maximum absolute atomic E-state index is 11.0. The van der Waals surface area contributed by atoms with Crippen molar-refractivity contribution in [3.63, 3.8) is 0 Å². The van der Waals surface area contributed by atoms with Crippen LogP contribution in [0.15, 0.2) is 0 Å². The van der Waals surface area contributed by atoms with E-state index in [0.29, 0.717) is 6.04 Å². The van der Waals surface area contributed by atoms with Crippen LogP contribution in [-0.4, -0.2) is 41.1 Å². The summed E-state index contributed by atoms with van der Waals surface area (Å²) >= 11 is 0. The topological polar surface area (TPSA) is 55.6 Å². The fourth-order valence-corrected chi connectivity index (χ4v) is 3.36. The zero-order valence-corrected chi connectivity index (χ0v) is 10.4. The Morgan fingerprint density at radius 1 is 1.50 bits per heavy atom. The van der Waals surface area contributed by atoms with E-state index in [9.17, 15) is 4.79 Å². The summed E-state index contributed by atoms with van der Waals surface area (Å²) in [4.78, 5) is 13.5. The van der Waals surface area contributed by atoms with E-state index in [0.717, 1.165) is 25.8 Å². The lowest BCUT2D eigenvalue weighted by Gasteiger charge is -2.47. The average molecular weight is 226 g/mol. The number of nitrogens with zero attached hydrogens (tertiary/aromatic N) is 1. The Hall–Kier alpha value is -0.610. The largest absolute Gasteiger partial charge is 0.461 e. The summed E-state index contributed by atoms with van der Waals surface area (Å²) in [6.45, 7) is 6.96. The Balaban J connectivity index is 2.11. The predicted octanol–water partition coefficient (Wildman–Crippen LogP) is 0.892. The van der Waals surface area contributed by atoms with Crippen LogP contribution in [0.3, 0.4) is 0 Å². The van der Waals surface area contributed by atoms with E-state index in [2.05, 4.69) is 18.7 Å². The molecule has 2 heterocycles. The Kier molecular flexibility index (Phi) is 2.97. The summed E-state index contributed by atoms with van der Waals surface area (Å²) < 4.78 is 5.39. The Bertz CT molecular complexity index is 291. The first-order valence-corrected chi connectivity index (χ1v) is 6.10. The highest BCUT2D eigenvalue weighted by Crippen LogP contribution is 2.38. The van der Waals surface area contributed by atoms with E-state index >= 15 is 0 Å². The molecule has 0 radical (unpaired) electrons. The van der Waals surface area contributed by atoms with Crippen molar-refractivity contribution in [1.29, 1.82) is 0 Å². The first-order valence-electron chi connectivity index (χ1n) is 6.10. The molecule has 0 bridgehead atoms. The standard InChI is InChI=1S/C12H22N2O2/c1-8(15)16-11-4-5-14-10(11)6-9(13)7-12(14,2)3/h9-11H,4-7,13H2,1-3H3. The van der Waals surface area contributed by atoms with Gasteiger partial charge in [0.25, 0.3) is 0 Å². The lowest BCUT2D eigenvalue weighted by molar-refractivity contribution is -0.148. The van der Waals surface area contributed by atoms with Crippen molar-refractivity contribution < 1.29 is 9.53 Å². The van der Waals surface area contributed by atoms with Crippen molar-refractivity contribution in [2.45, 2.75) is 63.8 Å². The SMILES string of the molecule is CC(=O)OC1CCN2C1CC(N)CC2(C)C. The fraction of sp³-hybridized carbons (Fsp3) is 0.917. The third-order valence-electron chi connectivity index (χ3n) is 3.88. The van der Waals surface area contributed by atoms with Crippen molar-refractivity contribution in [3.8, 4) is 0 Å². The molecule has 0 aliphatic carbocycles. The number of hydrogen-bond donors (Lipinski definition) is 1. The zero-order chi connectivity index (χ0) is 11.9. The molecule has 92 valence electrons. The number of fused-ring (bicyclic) bond motifs is 1. The third-order valence-corrected chi connectivity index (χ3v) is 3.88. The monoisotopic (exact) mass is 226 g/mol. The summed E-state index contributed by atoms with van der Waals surface area (Å²) in [6.07, 6.45) is 2.96. The van der Waals surface area contributed by atoms with Crippen LogP contribution in [0.25, 0.3) is 0 Å². The normalized spacial score (nSPS) is 38.1. The van der Waals surface area contributed by atoms with E-state index < -0.39 is 0 Å². The first kappa shape index (κ1) is 11.9. The molecule has 3 unspecified atom stereocenters. The molecule has 3 atom stereocenters. The zero-order valence-electron chi connectivity index (χ0n) is 10.4. The van der Waals surface area contributed by atoms with Crippen molar-refractivity contribution in [3.05, 3.63) is 0 Å². The van der Waals surface area contributed by atoms with Gasteiger partial charge >= 0.3 is 5.97 Å². The summed E-state index contributed by atoms with van der Waals surface area (Å²) in [5.74, 6) is -0.177. The van der Waals surface area contributed by atoms with Gasteiger partial charge in [0.05, 0.1) is 0 Å². The van der Waals surface area contributed by atoms with Gasteiger partial charge in [-0.25, -0.2) is 0 Å². The van der Waals surface area contributed by atoms with E-state index in [1.165, 1.54) is 6.92 Å². The Morgan fingerprint density at radius 2 is 2.19 bits per heavy atom. The van der Waals surface area contributed by atoms with Crippen LogP contribution in [0.1, 0.15) is 40.0 Å². The molecule has 16 heavy (non-hydrogen) atoms. The molecule has 0 aromatic rings. The molecule has 2 rings (SSSR count). The van der Waals surface area contributed by atoms with Gasteiger partial charge in [-0.2, -0.15) is 0 Å². The second-order valence-corrected chi connectivity index (χ2v) is 5.71. The van der Waals surface area contributed by atoms with Crippen LogP contribution < -0.4 is 5.73 Å². The second kappa shape index (κ2) is 4.00. The number of piperidine rings is 1. The van der Waals surface area contributed by atoms with Gasteiger partial charge in [0.1, 0.15) is 6.10 Å². The minimum atomic E-state index is -0.177. The Labute approximate surface area is 97.1 Å². The minimum absolute atomic E-state index is 0.0446. The molecule has 2 aliphatic rings. The highest BCUT2D eigenvalue weighted by atomic mass is 16.5. The quantitative estimate of drug-likeness (QED) is 0.675. The molecule has 0 aromatic heterocycles. The molecule has 4 nitrogen and oxygen atoms in total. The molecular formula is C12H22N2O2. The fourth-order valence-electron chi connectivity index (χ4n) is 3.36. The lowest BCUT2D eigenvalue weighted by Crippen LogP contribution is -2.58. The van der Waals surface area contributed by atoms with Gasteiger partial charge in [-0.1, -0.05) is 0 Å². The molecule has 4 heteroatoms. The van der Waals surface area contributed by atoms with Crippen LogP contribution in [0.4, 0.5) is 0 Å². The molecule has 2 saturated heterocycles. The maximum Gasteiger partial charge on any atom is 0.302 e. The minimum Gasteiger partial charge on any atom is -0.461 e. The van der Waals surface area contributed by atoms with Crippen LogP contribution in [0.2, 0.25) is 0 Å². The van der Waals surface area contributed by atoms with Crippen molar-refractivity contribution >= 4 is 5.97 Å². The third kappa shape index (κ3) is 2.09. The number of ether oxygens (including phenoxy) is 1. The summed E-state index contributed by atoms with van der Waals surface area (Å²) in [5, 5.41) is 0. The maximum atomic E-state index is 11.0. The smallest absolute Gasteiger partial charge is 0.302 e. The highest BCUT2D eigenvalue weighted by Gasteiger charge is 2.47. The summed E-state index contributed by atoms with van der Waals surface area (Å²) in [5.41, 5.74) is 6.23. The molecule has 2 fully saturated rings. The van der Waals surface area contributed by atoms with E-state index in [-0.39, 0.29) is 23.7 Å². The molecule has 0 aromatic carbocycles. The van der Waals surface area contributed by atoms with Crippen LogP contribution in [-0.2, 0) is 9.53 Å². The van der Waals surface area contributed by atoms with Crippen LogP contribution >= 0.6 is 0 Å². The molecule has 2 N–H and O–H groups in total. The van der Waals surface area contributed by atoms with E-state index in [1.807, 2.05) is 0 Å². The number of esters is 1. The number of carbonyl (C=O) groups excluding carboxylic acids is 1. The predicted molar refractivity (Wildman–Crippen MR) is 62.0 cm³/mol. The van der Waals surface area contributed by atoms with Crippen molar-refractivity contribution in [2.75, 3.05) is 6.54 Å². The van der Waals surface area contributed by atoms with Gasteiger partial charge in [-0.3, -0.25) is 9.69 Å². The number of nitrogens with two attached hydrogens (primary N) is 1. The van der Waals surface area contributed by atoms with Gasteiger partial charge in [0.2, 0.25) is 0 Å². The van der Waals surface area contributed by atoms with E-state index in [4.69, 9.17) is 10.5 Å². The van der Waals surface area contributed by atoms with Crippen molar-refractivity contribution in [2.24, 2.45) is 5.73 Å². The summed E-state index contributed by atoms with van der Waals surface area (Å²) in [7, 11) is 0. The number of hydrogen-bond acceptors (Lipinski definition) is 4. The van der Waals surface area contributed by atoms with Gasteiger partial charge in [0, 0.05) is 31.1 Å². The number of carbonyl (C=O) groups is 1. The summed E-state index contributed by atoms with van der Waals surface area (Å²) in [6, 6.07) is 0.551. The molecular weight excluding hydrogens is 204 g/mol.